The van der Waals surface area contributed by atoms with E-state index in [0.717, 1.165) is 103 Å². The van der Waals surface area contributed by atoms with Crippen LogP contribution in [-0.4, -0.2) is 33.2 Å². The molecule has 67 heavy (non-hydrogen) atoms. The van der Waals surface area contributed by atoms with Gasteiger partial charge in [0, 0.05) is 0 Å². The summed E-state index contributed by atoms with van der Waals surface area (Å²) in [6.07, 6.45) is 15.2. The molecule has 3 fully saturated rings. The lowest BCUT2D eigenvalue weighted by Gasteiger charge is -2.54. The molecule has 9 unspecified atom stereocenters. The average Bonchev–Trinajstić information content (AvgIpc) is 3.26. The van der Waals surface area contributed by atoms with Gasteiger partial charge in [0.05, 0.1) is 16.2 Å². The number of fused-ring (bicyclic) bond motifs is 9. The van der Waals surface area contributed by atoms with Crippen LogP contribution in [0.15, 0.2) is 42.5 Å². The Morgan fingerprint density at radius 1 is 0.478 bits per heavy atom. The van der Waals surface area contributed by atoms with Crippen LogP contribution < -0.4 is 0 Å². The normalized spacial score (nSPS) is 34.1. The molecule has 0 radical (unpaired) electrons. The van der Waals surface area contributed by atoms with Gasteiger partial charge in [-0.1, -0.05) is 124 Å². The van der Waals surface area contributed by atoms with E-state index in [1.807, 2.05) is 20.8 Å². The monoisotopic (exact) mass is 913 g/mol. The van der Waals surface area contributed by atoms with Gasteiger partial charge in [-0.05, 0) is 217 Å². The van der Waals surface area contributed by atoms with Crippen LogP contribution >= 0.6 is 0 Å². The number of carbonyl (C=O) groups is 3. The summed E-state index contributed by atoms with van der Waals surface area (Å²) in [6.45, 7) is 26.7. The van der Waals surface area contributed by atoms with E-state index in [1.54, 1.807) is 0 Å². The van der Waals surface area contributed by atoms with Crippen LogP contribution in [-0.2, 0) is 56.3 Å². The Kier molecular flexibility index (Phi) is 12.9. The number of aliphatic carboxylic acids is 3. The Balaban J connectivity index is 0.000000231. The maximum atomic E-state index is 12.6. The highest BCUT2D eigenvalue weighted by Crippen LogP contribution is 2.61. The van der Waals surface area contributed by atoms with E-state index >= 15 is 0 Å². The van der Waals surface area contributed by atoms with Gasteiger partial charge in [0.25, 0.3) is 0 Å². The van der Waals surface area contributed by atoms with Gasteiger partial charge in [-0.15, -0.1) is 0 Å². The second-order valence-corrected chi connectivity index (χ2v) is 25.2. The molecule has 3 aromatic carbocycles. The first-order valence-corrected chi connectivity index (χ1v) is 26.5. The minimum absolute atomic E-state index is 0.0223. The molecule has 0 amide bonds. The highest BCUT2D eigenvalue weighted by atomic mass is 16.4. The van der Waals surface area contributed by atoms with E-state index in [4.69, 9.17) is 0 Å². The molecule has 0 spiro atoms. The predicted octanol–water partition coefficient (Wildman–Crippen LogP) is 14.6. The summed E-state index contributed by atoms with van der Waals surface area (Å²) in [4.78, 5) is 37.2. The second kappa shape index (κ2) is 17.5. The first-order valence-electron chi connectivity index (χ1n) is 26.5. The maximum Gasteiger partial charge on any atom is 0.309 e. The van der Waals surface area contributed by atoms with Crippen molar-refractivity contribution in [2.75, 3.05) is 0 Å². The molecular formula is C61H84O6. The van der Waals surface area contributed by atoms with E-state index < -0.39 is 34.2 Å². The molecule has 0 heterocycles. The van der Waals surface area contributed by atoms with Crippen molar-refractivity contribution in [3.8, 4) is 0 Å². The van der Waals surface area contributed by atoms with Gasteiger partial charge < -0.3 is 15.3 Å². The van der Waals surface area contributed by atoms with Crippen LogP contribution in [0.25, 0.3) is 0 Å². The minimum atomic E-state index is -0.679. The molecule has 0 aliphatic heterocycles. The van der Waals surface area contributed by atoms with Crippen LogP contribution in [0, 0.1) is 34.0 Å². The fourth-order valence-electron chi connectivity index (χ4n) is 16.4. The molecule has 9 atom stereocenters. The smallest absolute Gasteiger partial charge is 0.309 e. The second-order valence-electron chi connectivity index (χ2n) is 25.2. The lowest BCUT2D eigenvalue weighted by molar-refractivity contribution is -0.158. The van der Waals surface area contributed by atoms with Crippen molar-refractivity contribution < 1.29 is 29.7 Å². The third kappa shape index (κ3) is 7.93. The summed E-state index contributed by atoms with van der Waals surface area (Å²) in [5.74, 6) is -0.00601. The van der Waals surface area contributed by atoms with Gasteiger partial charge in [0.15, 0.2) is 0 Å². The minimum Gasteiger partial charge on any atom is -0.481 e. The van der Waals surface area contributed by atoms with Crippen molar-refractivity contribution in [1.29, 1.82) is 0 Å². The van der Waals surface area contributed by atoms with E-state index in [2.05, 4.69) is 105 Å². The Morgan fingerprint density at radius 2 is 0.821 bits per heavy atom. The van der Waals surface area contributed by atoms with E-state index in [9.17, 15) is 29.7 Å². The topological polar surface area (TPSA) is 112 Å². The largest absolute Gasteiger partial charge is 0.481 e. The van der Waals surface area contributed by atoms with Crippen LogP contribution in [0.1, 0.15) is 239 Å². The zero-order chi connectivity index (χ0) is 48.8. The highest BCUT2D eigenvalue weighted by Gasteiger charge is 2.58. The summed E-state index contributed by atoms with van der Waals surface area (Å²) in [6, 6.07) is 16.9. The number of hydrogen-bond acceptors (Lipinski definition) is 3. The Bertz CT molecular complexity index is 2330. The molecule has 0 saturated heterocycles. The number of carboxylic acid groups (broad SMARTS) is 3. The van der Waals surface area contributed by atoms with Gasteiger partial charge in [0.1, 0.15) is 0 Å². The van der Waals surface area contributed by atoms with E-state index in [1.165, 1.54) is 61.2 Å². The van der Waals surface area contributed by atoms with Crippen molar-refractivity contribution in [2.45, 2.75) is 220 Å². The van der Waals surface area contributed by atoms with Crippen molar-refractivity contribution >= 4 is 17.9 Å². The van der Waals surface area contributed by atoms with Gasteiger partial charge >= 0.3 is 17.9 Å². The number of carboxylic acids is 3. The van der Waals surface area contributed by atoms with Crippen molar-refractivity contribution in [3.63, 3.8) is 0 Å². The third-order valence-electron chi connectivity index (χ3n) is 20.4. The number of aryl methyl sites for hydroxylation is 3. The molecular weight excluding hydrogens is 829 g/mol. The summed E-state index contributed by atoms with van der Waals surface area (Å²) < 4.78 is 0. The quantitative estimate of drug-likeness (QED) is 0.208. The average molecular weight is 913 g/mol. The van der Waals surface area contributed by atoms with Crippen LogP contribution in [0.3, 0.4) is 0 Å². The van der Waals surface area contributed by atoms with Crippen molar-refractivity contribution in [2.24, 2.45) is 34.0 Å². The fourth-order valence-corrected chi connectivity index (χ4v) is 16.4. The molecule has 6 nitrogen and oxygen atoms in total. The molecule has 3 aromatic rings. The van der Waals surface area contributed by atoms with Gasteiger partial charge in [-0.2, -0.15) is 0 Å². The first-order chi connectivity index (χ1) is 31.3. The third-order valence-corrected chi connectivity index (χ3v) is 20.4. The molecule has 3 N–H and O–H groups in total. The summed E-state index contributed by atoms with van der Waals surface area (Å²) in [5, 5.41) is 30.6. The molecule has 364 valence electrons. The fraction of sp³-hybridized carbons (Fsp3) is 0.656. The predicted molar refractivity (Wildman–Crippen MR) is 271 cm³/mol. The van der Waals surface area contributed by atoms with Crippen LogP contribution in [0.4, 0.5) is 0 Å². The maximum absolute atomic E-state index is 12.6. The first kappa shape index (κ1) is 49.5. The van der Waals surface area contributed by atoms with Gasteiger partial charge in [-0.25, -0.2) is 0 Å². The molecule has 0 bridgehead atoms. The SMILES string of the molecule is CC(C)c1cc2c(cc1Cc1cc3c(cc1C(C)C)CCC1C(C)(C(=O)O)CCCC31C)C1(C)CCCC(C)(C(=O)O)C1CC2.CC(C)c1ccc2c(c1)CCC1C(C)(C(=O)O)CCCC21C. The standard InChI is InChI=1S/C41H56O4.C20H28O2/c1-24(2)30-20-26-11-13-34-38(5,15-9-17-40(34,7)36(42)43)32(26)22-28(30)19-29-23-33-27(21-31(29)25(3)4)12-14-35-39(33,6)16-10-18-41(35,8)37(44)45;1-13(2)14-6-8-16-15(12-14)7-9-17-19(16,3)10-5-11-20(17,4)18(21)22/h20-25,34-35H,9-19H2,1-8H3,(H,42,43)(H,44,45);6,8,12-13,17H,5,7,9-11H2,1-4H3,(H,21,22). The molecule has 3 saturated carbocycles. The van der Waals surface area contributed by atoms with Crippen molar-refractivity contribution in [3.05, 3.63) is 104 Å². The van der Waals surface area contributed by atoms with Gasteiger partial charge in [0.2, 0.25) is 0 Å². The number of rotatable bonds is 8. The Morgan fingerprint density at radius 3 is 1.15 bits per heavy atom. The molecule has 6 aliphatic rings. The van der Waals surface area contributed by atoms with E-state index in [-0.39, 0.29) is 34.0 Å². The van der Waals surface area contributed by atoms with Crippen LogP contribution in [0.2, 0.25) is 0 Å². The Labute approximate surface area is 403 Å². The molecule has 0 aromatic heterocycles. The number of hydrogen-bond donors (Lipinski definition) is 3. The molecule has 6 aliphatic carbocycles. The summed E-state index contributed by atoms with van der Waals surface area (Å²) in [7, 11) is 0. The lowest BCUT2D eigenvalue weighted by Crippen LogP contribution is -2.52. The van der Waals surface area contributed by atoms with Gasteiger partial charge in [-0.3, -0.25) is 14.4 Å². The summed E-state index contributed by atoms with van der Waals surface area (Å²) in [5.41, 5.74) is 13.3. The van der Waals surface area contributed by atoms with E-state index in [0.29, 0.717) is 17.8 Å². The van der Waals surface area contributed by atoms with Crippen molar-refractivity contribution in [1.82, 2.24) is 0 Å². The highest BCUT2D eigenvalue weighted by molar-refractivity contribution is 5.77. The zero-order valence-electron chi connectivity index (χ0n) is 43.4. The lowest BCUT2D eigenvalue weighted by atomic mass is 9.49. The number of benzene rings is 3. The Hall–Kier alpha value is -3.93. The molecule has 9 rings (SSSR count). The zero-order valence-corrected chi connectivity index (χ0v) is 43.4. The summed E-state index contributed by atoms with van der Waals surface area (Å²) >= 11 is 0. The molecule has 6 heteroatoms. The van der Waals surface area contributed by atoms with Crippen LogP contribution in [0.5, 0.6) is 0 Å².